The summed E-state index contributed by atoms with van der Waals surface area (Å²) in [5.74, 6) is 0. The average molecular weight is 175 g/mol. The summed E-state index contributed by atoms with van der Waals surface area (Å²) < 4.78 is 15.8. The maximum Gasteiger partial charge on any atom is 0.160 e. The first-order valence-electron chi connectivity index (χ1n) is 4.15. The summed E-state index contributed by atoms with van der Waals surface area (Å²) >= 11 is 0. The Balaban J connectivity index is 2.52. The van der Waals surface area contributed by atoms with Gasteiger partial charge in [0.25, 0.3) is 0 Å². The number of ether oxygens (including phenoxy) is 3. The molecule has 0 aliphatic carbocycles. The van der Waals surface area contributed by atoms with Crippen LogP contribution in [0.15, 0.2) is 0 Å². The Hall–Kier alpha value is -0.160. The standard InChI is InChI=1S/C8H17NO3/c1-5-8(9)6(10-2)4-7(11-3)12-5/h5-8H,4,9H2,1-3H3/t5-,6+,7+,8+/m1/s1. The Labute approximate surface area is 73.0 Å². The Bertz CT molecular complexity index is 142. The molecule has 2 N–H and O–H groups in total. The van der Waals surface area contributed by atoms with Gasteiger partial charge in [-0.15, -0.1) is 0 Å². The molecule has 0 aromatic heterocycles. The molecule has 0 aromatic rings. The molecule has 0 bridgehead atoms. The summed E-state index contributed by atoms with van der Waals surface area (Å²) in [6.45, 7) is 1.93. The van der Waals surface area contributed by atoms with Crippen molar-refractivity contribution in [3.05, 3.63) is 0 Å². The summed E-state index contributed by atoms with van der Waals surface area (Å²) in [5.41, 5.74) is 5.84. The van der Waals surface area contributed by atoms with E-state index in [1.165, 1.54) is 0 Å². The highest BCUT2D eigenvalue weighted by Gasteiger charge is 2.33. The van der Waals surface area contributed by atoms with Gasteiger partial charge in [-0.3, -0.25) is 0 Å². The van der Waals surface area contributed by atoms with E-state index in [0.717, 1.165) is 0 Å². The topological polar surface area (TPSA) is 53.7 Å². The van der Waals surface area contributed by atoms with Gasteiger partial charge < -0.3 is 19.9 Å². The van der Waals surface area contributed by atoms with Gasteiger partial charge in [0.2, 0.25) is 0 Å². The second-order valence-electron chi connectivity index (χ2n) is 3.09. The molecule has 0 aromatic carbocycles. The average Bonchev–Trinajstić information content (AvgIpc) is 2.09. The lowest BCUT2D eigenvalue weighted by atomic mass is 10.0. The van der Waals surface area contributed by atoms with Crippen LogP contribution in [0, 0.1) is 0 Å². The smallest absolute Gasteiger partial charge is 0.160 e. The fourth-order valence-corrected chi connectivity index (χ4v) is 1.44. The van der Waals surface area contributed by atoms with Gasteiger partial charge in [0.15, 0.2) is 6.29 Å². The van der Waals surface area contributed by atoms with Gasteiger partial charge in [0.05, 0.1) is 18.2 Å². The zero-order valence-electron chi connectivity index (χ0n) is 7.82. The number of hydrogen-bond acceptors (Lipinski definition) is 4. The summed E-state index contributed by atoms with van der Waals surface area (Å²) in [5, 5.41) is 0. The minimum atomic E-state index is -0.176. The molecule has 4 atom stereocenters. The van der Waals surface area contributed by atoms with E-state index in [1.54, 1.807) is 14.2 Å². The van der Waals surface area contributed by atoms with Crippen molar-refractivity contribution in [2.24, 2.45) is 5.73 Å². The summed E-state index contributed by atoms with van der Waals surface area (Å²) in [7, 11) is 3.29. The van der Waals surface area contributed by atoms with Crippen molar-refractivity contribution < 1.29 is 14.2 Å². The lowest BCUT2D eigenvalue weighted by Gasteiger charge is -2.37. The van der Waals surface area contributed by atoms with Crippen molar-refractivity contribution in [2.45, 2.75) is 37.9 Å². The third kappa shape index (κ3) is 1.95. The van der Waals surface area contributed by atoms with Gasteiger partial charge in [-0.1, -0.05) is 0 Å². The molecule has 12 heavy (non-hydrogen) atoms. The Morgan fingerprint density at radius 2 is 2.00 bits per heavy atom. The molecule has 1 saturated heterocycles. The van der Waals surface area contributed by atoms with Crippen LogP contribution in [0.4, 0.5) is 0 Å². The van der Waals surface area contributed by atoms with Crippen molar-refractivity contribution in [3.63, 3.8) is 0 Å². The van der Waals surface area contributed by atoms with Crippen LogP contribution in [0.25, 0.3) is 0 Å². The molecular formula is C8H17NO3. The first-order valence-corrected chi connectivity index (χ1v) is 4.15. The summed E-state index contributed by atoms with van der Waals surface area (Å²) in [6, 6.07) is -0.0543. The molecule has 1 heterocycles. The van der Waals surface area contributed by atoms with Crippen molar-refractivity contribution in [3.8, 4) is 0 Å². The number of hydrogen-bond donors (Lipinski definition) is 1. The van der Waals surface area contributed by atoms with Crippen LogP contribution in [0.2, 0.25) is 0 Å². The fraction of sp³-hybridized carbons (Fsp3) is 1.00. The van der Waals surface area contributed by atoms with Gasteiger partial charge in [0.1, 0.15) is 0 Å². The molecule has 1 rings (SSSR count). The monoisotopic (exact) mass is 175 g/mol. The van der Waals surface area contributed by atoms with Crippen LogP contribution >= 0.6 is 0 Å². The highest BCUT2D eigenvalue weighted by atomic mass is 16.7. The fourth-order valence-electron chi connectivity index (χ4n) is 1.44. The predicted molar refractivity (Wildman–Crippen MR) is 44.7 cm³/mol. The zero-order valence-corrected chi connectivity index (χ0v) is 7.82. The molecule has 1 aliphatic heterocycles. The zero-order chi connectivity index (χ0) is 9.14. The van der Waals surface area contributed by atoms with Crippen molar-refractivity contribution in [1.82, 2.24) is 0 Å². The van der Waals surface area contributed by atoms with Gasteiger partial charge >= 0.3 is 0 Å². The molecule has 1 aliphatic rings. The third-order valence-corrected chi connectivity index (χ3v) is 2.33. The van der Waals surface area contributed by atoms with E-state index in [-0.39, 0.29) is 24.5 Å². The van der Waals surface area contributed by atoms with Crippen molar-refractivity contribution in [2.75, 3.05) is 14.2 Å². The highest BCUT2D eigenvalue weighted by Crippen LogP contribution is 2.20. The first-order chi connectivity index (χ1) is 5.69. The van der Waals surface area contributed by atoms with Crippen molar-refractivity contribution in [1.29, 1.82) is 0 Å². The molecular weight excluding hydrogens is 158 g/mol. The highest BCUT2D eigenvalue weighted by molar-refractivity contribution is 4.84. The maximum absolute atomic E-state index is 5.84. The maximum atomic E-state index is 5.84. The van der Waals surface area contributed by atoms with Gasteiger partial charge in [-0.2, -0.15) is 0 Å². The summed E-state index contributed by atoms with van der Waals surface area (Å²) in [6.07, 6.45) is 0.565. The van der Waals surface area contributed by atoms with E-state index in [4.69, 9.17) is 19.9 Å². The third-order valence-electron chi connectivity index (χ3n) is 2.33. The number of nitrogens with two attached hydrogens (primary N) is 1. The molecule has 4 heteroatoms. The van der Waals surface area contributed by atoms with E-state index in [2.05, 4.69) is 0 Å². The van der Waals surface area contributed by atoms with Gasteiger partial charge in [-0.05, 0) is 6.92 Å². The van der Waals surface area contributed by atoms with Crippen LogP contribution in [0.5, 0.6) is 0 Å². The molecule has 1 fully saturated rings. The molecule has 72 valence electrons. The second-order valence-corrected chi connectivity index (χ2v) is 3.09. The molecule has 0 saturated carbocycles. The lowest BCUT2D eigenvalue weighted by Crippen LogP contribution is -2.53. The van der Waals surface area contributed by atoms with E-state index in [9.17, 15) is 0 Å². The Morgan fingerprint density at radius 1 is 1.33 bits per heavy atom. The van der Waals surface area contributed by atoms with Crippen LogP contribution in [-0.4, -0.2) is 38.8 Å². The predicted octanol–water partition coefficient (Wildman–Crippen LogP) is 0.110. The van der Waals surface area contributed by atoms with E-state index in [1.807, 2.05) is 6.92 Å². The van der Waals surface area contributed by atoms with Crippen LogP contribution in [-0.2, 0) is 14.2 Å². The van der Waals surface area contributed by atoms with E-state index < -0.39 is 0 Å². The first kappa shape index (κ1) is 9.92. The van der Waals surface area contributed by atoms with Crippen LogP contribution < -0.4 is 5.73 Å². The molecule has 4 nitrogen and oxygen atoms in total. The minimum Gasteiger partial charge on any atom is -0.380 e. The normalized spacial score (nSPS) is 43.0. The lowest BCUT2D eigenvalue weighted by molar-refractivity contribution is -0.209. The number of methoxy groups -OCH3 is 2. The van der Waals surface area contributed by atoms with Crippen LogP contribution in [0.3, 0.4) is 0 Å². The quantitative estimate of drug-likeness (QED) is 0.647. The Kier molecular flexibility index (Phi) is 3.46. The van der Waals surface area contributed by atoms with E-state index in [0.29, 0.717) is 6.42 Å². The molecule has 0 spiro atoms. The Morgan fingerprint density at radius 3 is 2.50 bits per heavy atom. The van der Waals surface area contributed by atoms with Crippen molar-refractivity contribution >= 4 is 0 Å². The SMILES string of the molecule is CO[C@@H]1C[C@H](OC)[C@@H](N)[C@@H](C)O1. The van der Waals surface area contributed by atoms with Gasteiger partial charge in [0, 0.05) is 20.6 Å². The second kappa shape index (κ2) is 4.18. The summed E-state index contributed by atoms with van der Waals surface area (Å²) in [4.78, 5) is 0. The minimum absolute atomic E-state index is 0.00588. The van der Waals surface area contributed by atoms with Gasteiger partial charge in [-0.25, -0.2) is 0 Å². The van der Waals surface area contributed by atoms with E-state index >= 15 is 0 Å². The molecule has 0 radical (unpaired) electrons. The largest absolute Gasteiger partial charge is 0.380 e. The molecule has 0 unspecified atom stereocenters. The van der Waals surface area contributed by atoms with Crippen LogP contribution in [0.1, 0.15) is 13.3 Å². The number of rotatable bonds is 2. The molecule has 0 amide bonds.